The summed E-state index contributed by atoms with van der Waals surface area (Å²) in [4.78, 5) is 80.3. The van der Waals surface area contributed by atoms with Gasteiger partial charge in [-0.2, -0.15) is 9.97 Å². The lowest BCUT2D eigenvalue weighted by atomic mass is 10.1. The number of fused-ring (bicyclic) bond motifs is 1. The maximum absolute atomic E-state index is 13.6. The molecule has 0 bridgehead atoms. The average molecular weight is 798 g/mol. The summed E-state index contributed by atoms with van der Waals surface area (Å²) in [7, 11) is -5.30. The van der Waals surface area contributed by atoms with Crippen molar-refractivity contribution in [3.8, 4) is 0 Å². The van der Waals surface area contributed by atoms with Gasteiger partial charge in [0.05, 0.1) is 30.7 Å². The molecule has 1 unspecified atom stereocenters. The predicted molar refractivity (Wildman–Crippen MR) is 186 cm³/mol. The van der Waals surface area contributed by atoms with Gasteiger partial charge in [0, 0.05) is 0 Å². The molecule has 0 spiro atoms. The zero-order chi connectivity index (χ0) is 39.7. The number of aliphatic hydroxyl groups is 2. The Balaban J connectivity index is 1.14. The number of nitrogens with two attached hydrogens (primary N) is 2. The Kier molecular flexibility index (Phi) is 10.7. The number of aromatic amines is 1. The lowest BCUT2D eigenvalue weighted by Gasteiger charge is -2.26. The zero-order valence-corrected chi connectivity index (χ0v) is 29.5. The summed E-state index contributed by atoms with van der Waals surface area (Å²) in [6, 6.07) is 15.4. The normalized spacial score (nSPS) is 25.8. The molecule has 2 saturated heterocycles. The van der Waals surface area contributed by atoms with E-state index in [0.29, 0.717) is 0 Å². The lowest BCUT2D eigenvalue weighted by Crippen LogP contribution is -2.41. The number of esters is 2. The van der Waals surface area contributed by atoms with Crippen LogP contribution in [-0.2, 0) is 32.6 Å². The fraction of sp³-hybridized carbons (Fsp3) is 0.312. The van der Waals surface area contributed by atoms with Crippen LogP contribution in [0, 0.1) is 0 Å². The number of H-pyrrole nitrogens is 1. The molecule has 0 amide bonds. The van der Waals surface area contributed by atoms with Crippen LogP contribution in [0.1, 0.15) is 33.2 Å². The number of aliphatic hydroxyl groups excluding tert-OH is 2. The summed E-state index contributed by atoms with van der Waals surface area (Å²) >= 11 is 0. The van der Waals surface area contributed by atoms with Crippen molar-refractivity contribution in [2.24, 2.45) is 0 Å². The maximum atomic E-state index is 13.6. The van der Waals surface area contributed by atoms with E-state index in [0.717, 1.165) is 17.2 Å². The van der Waals surface area contributed by atoms with Gasteiger partial charge in [0.2, 0.25) is 11.9 Å². The highest BCUT2D eigenvalue weighted by molar-refractivity contribution is 7.47. The minimum absolute atomic E-state index is 0.0550. The van der Waals surface area contributed by atoms with Crippen molar-refractivity contribution in [3.05, 3.63) is 105 Å². The zero-order valence-electron chi connectivity index (χ0n) is 28.6. The first-order valence-corrected chi connectivity index (χ1v) is 18.0. The molecule has 0 saturated carbocycles. The van der Waals surface area contributed by atoms with Gasteiger partial charge >= 0.3 is 25.5 Å². The number of hydrogen-bond donors (Lipinski definition) is 6. The van der Waals surface area contributed by atoms with Gasteiger partial charge in [0.1, 0.15) is 30.7 Å². The molecule has 23 nitrogen and oxygen atoms in total. The molecule has 2 aromatic carbocycles. The third kappa shape index (κ3) is 7.78. The molecule has 3 aromatic heterocycles. The van der Waals surface area contributed by atoms with Crippen molar-refractivity contribution >= 4 is 42.8 Å². The topological polar surface area (TPSA) is 331 Å². The standard InChI is InChI=1S/C32H32N9O14P/c33-30-36-14-41(32(47)39-30)27-23(54-29(46)16-9-5-2-6-10-16)21(17(11-42)51-27)55-56(48,49)50-12-18-20(43)22(53-28(45)15-7-3-1-4-8-15)26(52-18)40-13-35-19-24(40)37-31(34)38-25(19)44/h1-10,13-14,17-18,20-23,26-27,42-43H,11-12H2,(H,48,49)(H2,33,39,47)(H3,34,37,38,44)/t17-,18-,20+,21+,22+,23+,26-,27-/m1/s1. The van der Waals surface area contributed by atoms with Crippen molar-refractivity contribution in [2.45, 2.75) is 49.1 Å². The molecule has 7 rings (SSSR count). The first-order valence-electron chi connectivity index (χ1n) is 16.5. The highest BCUT2D eigenvalue weighted by atomic mass is 31.2. The van der Waals surface area contributed by atoms with Gasteiger partial charge in [-0.3, -0.25) is 28.0 Å². The summed E-state index contributed by atoms with van der Waals surface area (Å²) < 4.78 is 49.2. The fourth-order valence-corrected chi connectivity index (χ4v) is 7.04. The number of rotatable bonds is 12. The maximum Gasteiger partial charge on any atom is 0.472 e. The lowest BCUT2D eigenvalue weighted by molar-refractivity contribution is -0.0617. The third-order valence-corrected chi connectivity index (χ3v) is 9.67. The van der Waals surface area contributed by atoms with Crippen molar-refractivity contribution in [2.75, 3.05) is 24.7 Å². The number of ether oxygens (including phenoxy) is 4. The van der Waals surface area contributed by atoms with Crippen molar-refractivity contribution in [3.63, 3.8) is 0 Å². The number of nitrogen functional groups attached to an aromatic ring is 2. The Hall–Kier alpha value is -5.91. The van der Waals surface area contributed by atoms with Gasteiger partial charge in [-0.15, -0.1) is 0 Å². The highest BCUT2D eigenvalue weighted by Crippen LogP contribution is 2.50. The summed E-state index contributed by atoms with van der Waals surface area (Å²) in [5.41, 5.74) is 9.48. The van der Waals surface area contributed by atoms with Crippen molar-refractivity contribution in [1.29, 1.82) is 0 Å². The quantitative estimate of drug-likeness (QED) is 0.0654. The average Bonchev–Trinajstić information content (AvgIpc) is 3.84. The Morgan fingerprint density at radius 1 is 0.839 bits per heavy atom. The number of nitrogens with zero attached hydrogens (tertiary/aromatic N) is 6. The van der Waals surface area contributed by atoms with Crippen molar-refractivity contribution < 1.29 is 57.3 Å². The smallest absolute Gasteiger partial charge is 0.451 e. The number of anilines is 2. The van der Waals surface area contributed by atoms with Crippen molar-refractivity contribution in [1.82, 2.24) is 34.1 Å². The Morgan fingerprint density at radius 3 is 2.05 bits per heavy atom. The van der Waals surface area contributed by atoms with Crippen LogP contribution in [0.25, 0.3) is 11.2 Å². The second kappa shape index (κ2) is 15.7. The van der Waals surface area contributed by atoms with Gasteiger partial charge in [0.15, 0.2) is 35.8 Å². The number of benzene rings is 2. The molecular formula is C32H32N9O14P. The molecule has 0 radical (unpaired) electrons. The predicted octanol–water partition coefficient (Wildman–Crippen LogP) is -0.963. The van der Waals surface area contributed by atoms with Crippen LogP contribution in [0.5, 0.6) is 0 Å². The Labute approximate surface area is 313 Å². The molecule has 8 N–H and O–H groups in total. The molecule has 2 aliphatic rings. The first kappa shape index (κ1) is 38.4. The monoisotopic (exact) mass is 797 g/mol. The van der Waals surface area contributed by atoms with E-state index in [4.69, 9.17) is 39.5 Å². The van der Waals surface area contributed by atoms with Crippen LogP contribution in [0.4, 0.5) is 11.9 Å². The molecule has 0 aliphatic carbocycles. The van der Waals surface area contributed by atoms with E-state index < -0.39 is 93.3 Å². The molecule has 2 fully saturated rings. The number of phosphoric ester groups is 1. The Bertz CT molecular complexity index is 2400. The van der Waals surface area contributed by atoms with E-state index >= 15 is 0 Å². The number of aromatic nitrogens is 7. The molecule has 24 heteroatoms. The molecule has 56 heavy (non-hydrogen) atoms. The van der Waals surface area contributed by atoms with Crippen LogP contribution in [0.3, 0.4) is 0 Å². The Morgan fingerprint density at radius 2 is 1.43 bits per heavy atom. The summed E-state index contributed by atoms with van der Waals surface area (Å²) in [5, 5.41) is 21.6. The van der Waals surface area contributed by atoms with E-state index in [1.54, 1.807) is 36.4 Å². The molecule has 5 aromatic rings. The third-order valence-electron chi connectivity index (χ3n) is 8.68. The first-order chi connectivity index (χ1) is 26.8. The number of hydrogen-bond acceptors (Lipinski definition) is 19. The number of phosphoric acid groups is 1. The van der Waals surface area contributed by atoms with Crippen LogP contribution >= 0.6 is 7.82 Å². The number of imidazole rings is 1. The SMILES string of the molecule is Nc1ncn([C@@H]2O[C@H](CO)[C@H](OP(=O)(O)OC[C@H]3O[C@@H](n4cnc5c(=O)[nH]c(N)nc54)[C@@H](OC(=O)c4ccccc4)[C@H]3O)[C@@H]2OC(=O)c2ccccc2)c(=O)n1. The highest BCUT2D eigenvalue weighted by Gasteiger charge is 2.53. The van der Waals surface area contributed by atoms with Gasteiger partial charge in [0.25, 0.3) is 5.56 Å². The molecular weight excluding hydrogens is 765 g/mol. The number of nitrogens with one attached hydrogen (secondary N) is 1. The largest absolute Gasteiger partial charge is 0.472 e. The second-order valence-electron chi connectivity index (χ2n) is 12.3. The summed E-state index contributed by atoms with van der Waals surface area (Å²) in [6.45, 7) is -1.76. The minimum Gasteiger partial charge on any atom is -0.451 e. The van der Waals surface area contributed by atoms with E-state index in [9.17, 15) is 38.8 Å². The van der Waals surface area contributed by atoms with Gasteiger partial charge in [-0.05, 0) is 24.3 Å². The van der Waals surface area contributed by atoms with Crippen LogP contribution in [0.2, 0.25) is 0 Å². The van der Waals surface area contributed by atoms with Gasteiger partial charge < -0.3 is 45.5 Å². The molecule has 2 aliphatic heterocycles. The molecule has 294 valence electrons. The summed E-state index contributed by atoms with van der Waals surface area (Å²) in [6.07, 6.45) is -10.7. The fourth-order valence-electron chi connectivity index (χ4n) is 6.08. The van der Waals surface area contributed by atoms with E-state index in [1.165, 1.54) is 28.8 Å². The number of carbonyl (C=O) groups excluding carboxylic acids is 2. The second-order valence-corrected chi connectivity index (χ2v) is 13.7. The van der Waals surface area contributed by atoms with E-state index in [2.05, 4.69) is 24.9 Å². The van der Waals surface area contributed by atoms with E-state index in [-0.39, 0.29) is 34.2 Å². The minimum atomic E-state index is -5.30. The van der Waals surface area contributed by atoms with Crippen LogP contribution in [-0.4, -0.2) is 111 Å². The molecule has 5 heterocycles. The number of carbonyl (C=O) groups is 2. The van der Waals surface area contributed by atoms with E-state index in [1.807, 2.05) is 0 Å². The van der Waals surface area contributed by atoms with Crippen LogP contribution < -0.4 is 22.7 Å². The van der Waals surface area contributed by atoms with Crippen LogP contribution in [0.15, 0.2) is 82.9 Å². The van der Waals surface area contributed by atoms with Gasteiger partial charge in [-0.25, -0.2) is 28.9 Å². The van der Waals surface area contributed by atoms with Gasteiger partial charge in [-0.1, -0.05) is 36.4 Å². The summed E-state index contributed by atoms with van der Waals surface area (Å²) in [5.74, 6) is -2.49. The molecule has 9 atom stereocenters.